The predicted molar refractivity (Wildman–Crippen MR) is 145 cm³/mol. The number of methoxy groups -OCH3 is 1. The number of pyridine rings is 3. The van der Waals surface area contributed by atoms with Gasteiger partial charge < -0.3 is 25.0 Å². The number of aromatic nitrogens is 5. The Bertz CT molecular complexity index is 1510. The Morgan fingerprint density at radius 3 is 2.79 bits per heavy atom. The zero-order valence-corrected chi connectivity index (χ0v) is 22.1. The van der Waals surface area contributed by atoms with Crippen molar-refractivity contribution in [3.63, 3.8) is 0 Å². The van der Waals surface area contributed by atoms with Crippen molar-refractivity contribution in [2.75, 3.05) is 49.4 Å². The summed E-state index contributed by atoms with van der Waals surface area (Å²) in [6.45, 7) is 6.22. The van der Waals surface area contributed by atoms with E-state index < -0.39 is 0 Å². The molecule has 198 valence electrons. The molecule has 6 rings (SSSR count). The molecule has 11 nitrogen and oxygen atoms in total. The highest BCUT2D eigenvalue weighted by Gasteiger charge is 2.34. The molecule has 0 unspecified atom stereocenters. The third-order valence-electron chi connectivity index (χ3n) is 7.50. The molecular formula is C27H32N8O3. The van der Waals surface area contributed by atoms with Gasteiger partial charge in [-0.1, -0.05) is 0 Å². The van der Waals surface area contributed by atoms with Crippen LogP contribution in [0.2, 0.25) is 0 Å². The maximum atomic E-state index is 12.3. The quantitative estimate of drug-likeness (QED) is 0.381. The van der Waals surface area contributed by atoms with E-state index in [4.69, 9.17) is 19.6 Å². The fraction of sp³-hybridized carbons (Fsp3) is 0.444. The van der Waals surface area contributed by atoms with Crippen molar-refractivity contribution in [3.8, 4) is 11.4 Å². The molecule has 0 spiro atoms. The van der Waals surface area contributed by atoms with Crippen molar-refractivity contribution in [1.29, 1.82) is 0 Å². The number of carbonyl (C=O) groups is 1. The van der Waals surface area contributed by atoms with Crippen LogP contribution in [-0.2, 0) is 14.3 Å². The second kappa shape index (κ2) is 9.48. The number of hydrogen-bond acceptors (Lipinski definition) is 9. The monoisotopic (exact) mass is 516 g/mol. The van der Waals surface area contributed by atoms with Crippen LogP contribution in [-0.4, -0.2) is 76.0 Å². The molecule has 1 amide bonds. The van der Waals surface area contributed by atoms with Gasteiger partial charge in [0.1, 0.15) is 17.7 Å². The van der Waals surface area contributed by atoms with Gasteiger partial charge in [0.05, 0.1) is 24.1 Å². The lowest BCUT2D eigenvalue weighted by Crippen LogP contribution is -2.52. The smallest absolute Gasteiger partial charge is 0.228 e. The maximum absolute atomic E-state index is 12.3. The van der Waals surface area contributed by atoms with Gasteiger partial charge in [-0.05, 0) is 44.9 Å². The van der Waals surface area contributed by atoms with E-state index in [2.05, 4.69) is 31.6 Å². The summed E-state index contributed by atoms with van der Waals surface area (Å²) in [5.74, 6) is 1.86. The lowest BCUT2D eigenvalue weighted by atomic mass is 9.99. The normalized spacial score (nSPS) is 18.2. The molecule has 11 heteroatoms. The Labute approximate surface area is 220 Å². The van der Waals surface area contributed by atoms with Crippen LogP contribution < -0.4 is 15.5 Å². The highest BCUT2D eigenvalue weighted by atomic mass is 16.5. The molecule has 4 aromatic rings. The first-order valence-corrected chi connectivity index (χ1v) is 12.9. The van der Waals surface area contributed by atoms with Gasteiger partial charge in [-0.2, -0.15) is 0 Å². The van der Waals surface area contributed by atoms with Crippen LogP contribution in [0.5, 0.6) is 0 Å². The molecule has 5 heterocycles. The third-order valence-corrected chi connectivity index (χ3v) is 7.50. The number of anilines is 3. The minimum absolute atomic E-state index is 0.0129. The Balaban J connectivity index is 1.35. The van der Waals surface area contributed by atoms with Crippen LogP contribution in [0.15, 0.2) is 36.8 Å². The van der Waals surface area contributed by atoms with E-state index in [0.717, 1.165) is 53.6 Å². The number of ether oxygens (including phenoxy) is 2. The van der Waals surface area contributed by atoms with Crippen LogP contribution in [0, 0.1) is 5.92 Å². The molecule has 2 N–H and O–H groups in total. The number of rotatable bonds is 7. The molecule has 1 aliphatic carbocycles. The number of amides is 1. The topological polar surface area (TPSA) is 119 Å². The van der Waals surface area contributed by atoms with Gasteiger partial charge >= 0.3 is 0 Å². The fourth-order valence-electron chi connectivity index (χ4n) is 4.76. The largest absolute Gasteiger partial charge is 0.376 e. The van der Waals surface area contributed by atoms with E-state index in [-0.39, 0.29) is 23.5 Å². The predicted octanol–water partition coefficient (Wildman–Crippen LogP) is 3.36. The molecule has 0 radical (unpaired) electrons. The first-order valence-electron chi connectivity index (χ1n) is 12.9. The van der Waals surface area contributed by atoms with E-state index in [9.17, 15) is 4.79 Å². The number of hydrogen-bond donors (Lipinski definition) is 2. The number of nitrogens with zero attached hydrogens (tertiary/aromatic N) is 6. The lowest BCUT2D eigenvalue weighted by Gasteiger charge is -2.41. The summed E-state index contributed by atoms with van der Waals surface area (Å²) in [5, 5.41) is 12.6. The van der Waals surface area contributed by atoms with Gasteiger partial charge in [-0.3, -0.25) is 4.79 Å². The molecule has 38 heavy (non-hydrogen) atoms. The Morgan fingerprint density at radius 2 is 2.03 bits per heavy atom. The van der Waals surface area contributed by atoms with Crippen molar-refractivity contribution < 1.29 is 14.3 Å². The highest BCUT2D eigenvalue weighted by Crippen LogP contribution is 2.33. The number of fused-ring (bicyclic) bond motifs is 2. The van der Waals surface area contributed by atoms with Crippen molar-refractivity contribution in [2.24, 2.45) is 5.92 Å². The van der Waals surface area contributed by atoms with Crippen molar-refractivity contribution in [2.45, 2.75) is 38.4 Å². The second-order valence-electron chi connectivity index (χ2n) is 10.4. The zero-order valence-electron chi connectivity index (χ0n) is 22.1. The van der Waals surface area contributed by atoms with E-state index in [0.29, 0.717) is 24.1 Å². The Morgan fingerprint density at radius 1 is 1.18 bits per heavy atom. The molecular weight excluding hydrogens is 484 g/mol. The Hall–Kier alpha value is -3.83. The van der Waals surface area contributed by atoms with Crippen LogP contribution in [0.4, 0.5) is 17.3 Å². The molecule has 1 atom stereocenters. The maximum Gasteiger partial charge on any atom is 0.228 e. The summed E-state index contributed by atoms with van der Waals surface area (Å²) in [7, 11) is 3.53. The number of carbonyl (C=O) groups excluding carboxylic acids is 1. The summed E-state index contributed by atoms with van der Waals surface area (Å²) >= 11 is 0. The van der Waals surface area contributed by atoms with E-state index in [1.165, 1.54) is 0 Å². The third kappa shape index (κ3) is 4.52. The van der Waals surface area contributed by atoms with Crippen LogP contribution in [0.3, 0.4) is 0 Å². The van der Waals surface area contributed by atoms with Gasteiger partial charge in [0.25, 0.3) is 0 Å². The van der Waals surface area contributed by atoms with Crippen molar-refractivity contribution in [1.82, 2.24) is 24.6 Å². The minimum Gasteiger partial charge on any atom is -0.376 e. The lowest BCUT2D eigenvalue weighted by molar-refractivity contribution is -0.117. The van der Waals surface area contributed by atoms with Gasteiger partial charge in [0.15, 0.2) is 11.5 Å². The van der Waals surface area contributed by atoms with Crippen molar-refractivity contribution in [3.05, 3.63) is 36.8 Å². The zero-order chi connectivity index (χ0) is 26.4. The van der Waals surface area contributed by atoms with Crippen molar-refractivity contribution >= 4 is 39.6 Å². The van der Waals surface area contributed by atoms with Crippen LogP contribution in [0.25, 0.3) is 27.8 Å². The van der Waals surface area contributed by atoms with Gasteiger partial charge in [-0.25, -0.2) is 19.5 Å². The highest BCUT2D eigenvalue weighted by molar-refractivity contribution is 6.03. The summed E-state index contributed by atoms with van der Waals surface area (Å²) in [4.78, 5) is 28.4. The second-order valence-corrected chi connectivity index (χ2v) is 10.4. The van der Waals surface area contributed by atoms with Gasteiger partial charge in [-0.15, -0.1) is 5.10 Å². The molecule has 4 aromatic heterocycles. The Kier molecular flexibility index (Phi) is 6.11. The van der Waals surface area contributed by atoms with Crippen LogP contribution in [0.1, 0.15) is 26.7 Å². The number of nitrogens with one attached hydrogen (secondary N) is 2. The summed E-state index contributed by atoms with van der Waals surface area (Å²) < 4.78 is 13.5. The standard InChI is InChI=1S/C27H32N8O3/c1-27(2,37-4)21-15-34(9-10-38-21)17-7-8-23-32-25(33-35(23)14-17)20-13-30-24(28-3)19-12-29-22(11-18(19)20)31-26(36)16-5-6-16/h7-8,11-14,16,21H,5-6,9-10,15H2,1-4H3,(H,28,30)(H,29,31,36)/t21-/m1/s1. The summed E-state index contributed by atoms with van der Waals surface area (Å²) in [6, 6.07) is 5.90. The molecule has 2 fully saturated rings. The van der Waals surface area contributed by atoms with Gasteiger partial charge in [0, 0.05) is 61.9 Å². The first kappa shape index (κ1) is 24.5. The van der Waals surface area contributed by atoms with E-state index in [1.807, 2.05) is 39.2 Å². The van der Waals surface area contributed by atoms with Crippen LogP contribution >= 0.6 is 0 Å². The molecule has 1 aliphatic heterocycles. The molecule has 1 saturated carbocycles. The molecule has 0 aromatic carbocycles. The van der Waals surface area contributed by atoms with E-state index >= 15 is 0 Å². The first-order chi connectivity index (χ1) is 18.4. The van der Waals surface area contributed by atoms with Gasteiger partial charge in [0.2, 0.25) is 5.91 Å². The van der Waals surface area contributed by atoms with E-state index in [1.54, 1.807) is 24.0 Å². The molecule has 1 saturated heterocycles. The average molecular weight is 517 g/mol. The minimum atomic E-state index is -0.386. The molecule has 0 bridgehead atoms. The molecule has 2 aliphatic rings. The number of morpholine rings is 1. The summed E-state index contributed by atoms with van der Waals surface area (Å²) in [6.07, 6.45) is 7.30. The SMILES string of the molecule is CNc1ncc(-c2nc3ccc(N4CCO[C@@H](C(C)(C)OC)C4)cn3n2)c2cc(NC(=O)C3CC3)ncc12. The fourth-order valence-corrected chi connectivity index (χ4v) is 4.76. The summed E-state index contributed by atoms with van der Waals surface area (Å²) in [5.41, 5.74) is 2.15. The average Bonchev–Trinajstić information content (AvgIpc) is 3.71.